The van der Waals surface area contributed by atoms with Gasteiger partial charge in [-0.3, -0.25) is 0 Å². The molecular weight excluding hydrogens is 232 g/mol. The third-order valence-corrected chi connectivity index (χ3v) is 3.34. The minimum Gasteiger partial charge on any atom is -0.333 e. The van der Waals surface area contributed by atoms with Crippen molar-refractivity contribution in [3.63, 3.8) is 0 Å². The molecule has 4 nitrogen and oxygen atoms in total. The fourth-order valence-electron chi connectivity index (χ4n) is 1.78. The number of aromatic nitrogens is 3. The topological polar surface area (TPSA) is 42.7 Å². The first-order chi connectivity index (χ1) is 8.29. The molecule has 2 rings (SSSR count). The molecule has 0 aliphatic rings. The Bertz CT molecular complexity index is 435. The number of imidazole rings is 1. The average Bonchev–Trinajstić information content (AvgIpc) is 2.97. The second-order valence-corrected chi connectivity index (χ2v) is 4.83. The number of rotatable bonds is 6. The third kappa shape index (κ3) is 3.38. The highest BCUT2D eigenvalue weighted by Crippen LogP contribution is 2.03. The lowest BCUT2D eigenvalue weighted by Gasteiger charge is -2.15. The highest BCUT2D eigenvalue weighted by molar-refractivity contribution is 7.07. The maximum Gasteiger partial charge on any atom is 0.108 e. The summed E-state index contributed by atoms with van der Waals surface area (Å²) < 4.78 is 2.21. The predicted molar refractivity (Wildman–Crippen MR) is 70.0 cm³/mol. The van der Waals surface area contributed by atoms with Crippen LogP contribution in [0, 0.1) is 0 Å². The van der Waals surface area contributed by atoms with Crippen LogP contribution in [-0.4, -0.2) is 20.6 Å². The van der Waals surface area contributed by atoms with E-state index in [0.717, 1.165) is 31.0 Å². The predicted octanol–water partition coefficient (Wildman–Crippen LogP) is 2.08. The number of aryl methyl sites for hydroxylation is 1. The van der Waals surface area contributed by atoms with Gasteiger partial charge >= 0.3 is 0 Å². The van der Waals surface area contributed by atoms with Crippen LogP contribution in [0.5, 0.6) is 0 Å². The van der Waals surface area contributed by atoms with Gasteiger partial charge in [0.2, 0.25) is 0 Å². The number of nitrogens with zero attached hydrogens (tertiary/aromatic N) is 3. The first-order valence-corrected chi connectivity index (χ1v) is 6.84. The van der Waals surface area contributed by atoms with Gasteiger partial charge in [-0.15, -0.1) is 11.3 Å². The van der Waals surface area contributed by atoms with Gasteiger partial charge in [0.1, 0.15) is 5.82 Å². The number of thiazole rings is 1. The van der Waals surface area contributed by atoms with Crippen LogP contribution in [0.2, 0.25) is 0 Å². The Morgan fingerprint density at radius 3 is 3.06 bits per heavy atom. The van der Waals surface area contributed by atoms with E-state index in [1.807, 2.05) is 17.9 Å². The van der Waals surface area contributed by atoms with Gasteiger partial charge in [-0.25, -0.2) is 9.97 Å². The van der Waals surface area contributed by atoms with Gasteiger partial charge < -0.3 is 9.88 Å². The van der Waals surface area contributed by atoms with Crippen molar-refractivity contribution in [1.29, 1.82) is 0 Å². The molecule has 0 amide bonds. The van der Waals surface area contributed by atoms with Gasteiger partial charge in [0.25, 0.3) is 0 Å². The van der Waals surface area contributed by atoms with Crippen molar-refractivity contribution in [2.45, 2.75) is 39.4 Å². The number of nitrogens with one attached hydrogen (secondary N) is 1. The molecule has 0 saturated heterocycles. The van der Waals surface area contributed by atoms with E-state index < -0.39 is 0 Å². The molecule has 17 heavy (non-hydrogen) atoms. The average molecular weight is 250 g/mol. The van der Waals surface area contributed by atoms with Gasteiger partial charge in [0.15, 0.2) is 0 Å². The highest BCUT2D eigenvalue weighted by atomic mass is 32.1. The maximum atomic E-state index is 4.32. The molecule has 0 aliphatic carbocycles. The summed E-state index contributed by atoms with van der Waals surface area (Å²) in [5, 5.41) is 5.55. The van der Waals surface area contributed by atoms with E-state index >= 15 is 0 Å². The maximum absolute atomic E-state index is 4.32. The molecule has 0 spiro atoms. The summed E-state index contributed by atoms with van der Waals surface area (Å²) in [6.45, 7) is 6.10. The van der Waals surface area contributed by atoms with E-state index in [1.54, 1.807) is 11.3 Å². The lowest BCUT2D eigenvalue weighted by molar-refractivity contribution is 0.465. The molecule has 0 aromatic carbocycles. The lowest BCUT2D eigenvalue weighted by Crippen LogP contribution is -2.30. The summed E-state index contributed by atoms with van der Waals surface area (Å²) >= 11 is 1.64. The zero-order chi connectivity index (χ0) is 12.1. The summed E-state index contributed by atoms with van der Waals surface area (Å²) in [4.78, 5) is 8.58. The van der Waals surface area contributed by atoms with Crippen LogP contribution in [0.4, 0.5) is 0 Å². The van der Waals surface area contributed by atoms with E-state index in [4.69, 9.17) is 0 Å². The van der Waals surface area contributed by atoms with Gasteiger partial charge in [0, 0.05) is 43.3 Å². The van der Waals surface area contributed by atoms with Crippen molar-refractivity contribution in [3.05, 3.63) is 34.8 Å². The fourth-order valence-corrected chi connectivity index (χ4v) is 2.34. The summed E-state index contributed by atoms with van der Waals surface area (Å²) in [6, 6.07) is 0.413. The molecule has 0 fully saturated rings. The molecule has 92 valence electrons. The van der Waals surface area contributed by atoms with Gasteiger partial charge in [0.05, 0.1) is 11.2 Å². The Labute approximate surface area is 106 Å². The van der Waals surface area contributed by atoms with Crippen LogP contribution >= 0.6 is 11.3 Å². The molecule has 1 N–H and O–H groups in total. The summed E-state index contributed by atoms with van der Waals surface area (Å²) in [5.41, 5.74) is 2.98. The van der Waals surface area contributed by atoms with Crippen molar-refractivity contribution in [3.8, 4) is 0 Å². The minimum absolute atomic E-state index is 0.413. The SMILES string of the molecule is CCc1nccn1CC(C)NCc1cscn1. The molecule has 2 aromatic rings. The fraction of sp³-hybridized carbons (Fsp3) is 0.500. The molecule has 0 bridgehead atoms. The Kier molecular flexibility index (Phi) is 4.28. The van der Waals surface area contributed by atoms with E-state index in [0.29, 0.717) is 6.04 Å². The first-order valence-electron chi connectivity index (χ1n) is 5.90. The van der Waals surface area contributed by atoms with Gasteiger partial charge in [-0.2, -0.15) is 0 Å². The zero-order valence-corrected chi connectivity index (χ0v) is 11.1. The van der Waals surface area contributed by atoms with Crippen molar-refractivity contribution in [2.24, 2.45) is 0 Å². The van der Waals surface area contributed by atoms with Crippen LogP contribution < -0.4 is 5.32 Å². The van der Waals surface area contributed by atoms with Crippen LogP contribution in [0.3, 0.4) is 0 Å². The Morgan fingerprint density at radius 2 is 2.35 bits per heavy atom. The molecular formula is C12H18N4S. The lowest BCUT2D eigenvalue weighted by atomic mass is 10.3. The van der Waals surface area contributed by atoms with Crippen LogP contribution in [0.15, 0.2) is 23.3 Å². The zero-order valence-electron chi connectivity index (χ0n) is 10.3. The molecule has 2 heterocycles. The molecule has 2 aromatic heterocycles. The largest absolute Gasteiger partial charge is 0.333 e. The first kappa shape index (κ1) is 12.3. The monoisotopic (exact) mass is 250 g/mol. The second-order valence-electron chi connectivity index (χ2n) is 4.11. The quantitative estimate of drug-likeness (QED) is 0.853. The highest BCUT2D eigenvalue weighted by Gasteiger charge is 2.06. The van der Waals surface area contributed by atoms with E-state index in [1.165, 1.54) is 0 Å². The Hall–Kier alpha value is -1.20. The Morgan fingerprint density at radius 1 is 1.47 bits per heavy atom. The van der Waals surface area contributed by atoms with Crippen molar-refractivity contribution in [2.75, 3.05) is 0 Å². The molecule has 0 radical (unpaired) electrons. The van der Waals surface area contributed by atoms with Crippen LogP contribution in [0.25, 0.3) is 0 Å². The van der Waals surface area contributed by atoms with E-state index in [9.17, 15) is 0 Å². The molecule has 0 saturated carbocycles. The molecule has 1 atom stereocenters. The van der Waals surface area contributed by atoms with Gasteiger partial charge in [-0.1, -0.05) is 6.92 Å². The second kappa shape index (κ2) is 5.93. The molecule has 1 unspecified atom stereocenters. The summed E-state index contributed by atoms with van der Waals surface area (Å²) in [7, 11) is 0. The van der Waals surface area contributed by atoms with E-state index in [-0.39, 0.29) is 0 Å². The minimum atomic E-state index is 0.413. The normalized spacial score (nSPS) is 12.8. The van der Waals surface area contributed by atoms with Crippen molar-refractivity contribution < 1.29 is 0 Å². The third-order valence-electron chi connectivity index (χ3n) is 2.70. The van der Waals surface area contributed by atoms with Crippen LogP contribution in [0.1, 0.15) is 25.4 Å². The number of hydrogen-bond donors (Lipinski definition) is 1. The van der Waals surface area contributed by atoms with Crippen molar-refractivity contribution in [1.82, 2.24) is 19.9 Å². The summed E-state index contributed by atoms with van der Waals surface area (Å²) in [5.74, 6) is 1.15. The smallest absolute Gasteiger partial charge is 0.108 e. The number of hydrogen-bond acceptors (Lipinski definition) is 4. The summed E-state index contributed by atoms with van der Waals surface area (Å²) in [6.07, 6.45) is 4.89. The van der Waals surface area contributed by atoms with Gasteiger partial charge in [-0.05, 0) is 6.92 Å². The standard InChI is InChI=1S/C12H18N4S/c1-3-12-13-4-5-16(12)7-10(2)14-6-11-8-17-9-15-11/h4-5,8-10,14H,3,6-7H2,1-2H3. The Balaban J connectivity index is 1.83. The molecule has 0 aliphatic heterocycles. The van der Waals surface area contributed by atoms with Crippen LogP contribution in [-0.2, 0) is 19.5 Å². The van der Waals surface area contributed by atoms with E-state index in [2.05, 4.69) is 39.1 Å². The van der Waals surface area contributed by atoms with Crippen molar-refractivity contribution >= 4 is 11.3 Å². The molecule has 5 heteroatoms.